The lowest BCUT2D eigenvalue weighted by molar-refractivity contribution is -0.135. The van der Waals surface area contributed by atoms with Gasteiger partial charge in [-0.15, -0.1) is 5.10 Å². The number of rotatable bonds is 4. The van der Waals surface area contributed by atoms with Gasteiger partial charge in [0.1, 0.15) is 6.54 Å². The van der Waals surface area contributed by atoms with E-state index in [0.29, 0.717) is 5.82 Å². The van der Waals surface area contributed by atoms with E-state index in [-0.39, 0.29) is 12.6 Å². The highest BCUT2D eigenvalue weighted by Gasteiger charge is 2.27. The molecule has 1 aliphatic carbocycles. The fourth-order valence-corrected chi connectivity index (χ4v) is 3.17. The van der Waals surface area contributed by atoms with Crippen molar-refractivity contribution in [3.63, 3.8) is 0 Å². The normalized spacial score (nSPS) is 15.5. The quantitative estimate of drug-likeness (QED) is 0.935. The Morgan fingerprint density at radius 3 is 2.57 bits per heavy atom. The molecular weight excluding hydrogens is 266 g/mol. The van der Waals surface area contributed by atoms with Crippen molar-refractivity contribution < 1.29 is 9.90 Å². The minimum absolute atomic E-state index is 0.0214. The number of nitrogens with zero attached hydrogens (tertiary/aromatic N) is 3. The predicted octanol–water partition coefficient (Wildman–Crippen LogP) is 2.77. The molecular formula is C16H19N3O2. The summed E-state index contributed by atoms with van der Waals surface area (Å²) in [5.74, 6) is -0.126. The number of aliphatic carboxylic acids is 1. The van der Waals surface area contributed by atoms with E-state index in [1.165, 1.54) is 0 Å². The van der Waals surface area contributed by atoms with Crippen LogP contribution in [-0.2, 0) is 4.79 Å². The molecule has 0 atom stereocenters. The molecule has 1 aliphatic rings. The first kappa shape index (κ1) is 13.8. The Morgan fingerprint density at radius 1 is 1.24 bits per heavy atom. The third kappa shape index (κ3) is 2.68. The van der Waals surface area contributed by atoms with Gasteiger partial charge in [-0.25, -0.2) is 0 Å². The summed E-state index contributed by atoms with van der Waals surface area (Å²) >= 11 is 0. The van der Waals surface area contributed by atoms with Gasteiger partial charge >= 0.3 is 5.97 Å². The third-order valence-corrected chi connectivity index (χ3v) is 4.20. The van der Waals surface area contributed by atoms with Crippen LogP contribution >= 0.6 is 0 Å². The lowest BCUT2D eigenvalue weighted by atomic mass is 10.1. The summed E-state index contributed by atoms with van der Waals surface area (Å²) in [4.78, 5) is 13.2. The van der Waals surface area contributed by atoms with Gasteiger partial charge in [0.25, 0.3) is 0 Å². The van der Waals surface area contributed by atoms with E-state index < -0.39 is 5.97 Å². The number of carboxylic acid groups (broad SMARTS) is 1. The SMILES string of the molecule is Cc1nnc(N(CC(=O)O)C2CCCC2)c2ccccc12. The molecule has 0 aliphatic heterocycles. The molecule has 1 aromatic carbocycles. The van der Waals surface area contributed by atoms with Crippen molar-refractivity contribution in [3.8, 4) is 0 Å². The van der Waals surface area contributed by atoms with Gasteiger partial charge in [-0.2, -0.15) is 5.10 Å². The zero-order valence-electron chi connectivity index (χ0n) is 12.1. The maximum absolute atomic E-state index is 11.3. The zero-order valence-corrected chi connectivity index (χ0v) is 12.1. The van der Waals surface area contributed by atoms with Crippen LogP contribution in [0.15, 0.2) is 24.3 Å². The maximum Gasteiger partial charge on any atom is 0.323 e. The second-order valence-corrected chi connectivity index (χ2v) is 5.61. The molecule has 0 amide bonds. The maximum atomic E-state index is 11.3. The minimum atomic E-state index is -0.826. The van der Waals surface area contributed by atoms with E-state index >= 15 is 0 Å². The summed E-state index contributed by atoms with van der Waals surface area (Å²) in [7, 11) is 0. The van der Waals surface area contributed by atoms with E-state index in [2.05, 4.69) is 10.2 Å². The number of hydrogen-bond acceptors (Lipinski definition) is 4. The minimum Gasteiger partial charge on any atom is -0.480 e. The van der Waals surface area contributed by atoms with Gasteiger partial charge in [0.15, 0.2) is 5.82 Å². The number of aryl methyl sites for hydroxylation is 1. The Labute approximate surface area is 123 Å². The van der Waals surface area contributed by atoms with Crippen LogP contribution in [0.4, 0.5) is 5.82 Å². The van der Waals surface area contributed by atoms with Crippen molar-refractivity contribution in [1.82, 2.24) is 10.2 Å². The van der Waals surface area contributed by atoms with Crippen molar-refractivity contribution in [2.45, 2.75) is 38.6 Å². The summed E-state index contributed by atoms with van der Waals surface area (Å²) in [5.41, 5.74) is 0.871. The summed E-state index contributed by atoms with van der Waals surface area (Å²) in [6.07, 6.45) is 4.35. The first-order valence-electron chi connectivity index (χ1n) is 7.37. The fraction of sp³-hybridized carbons (Fsp3) is 0.438. The van der Waals surface area contributed by atoms with E-state index in [1.807, 2.05) is 36.1 Å². The van der Waals surface area contributed by atoms with Gasteiger partial charge in [-0.05, 0) is 19.8 Å². The van der Waals surface area contributed by atoms with Gasteiger partial charge in [0.2, 0.25) is 0 Å². The second-order valence-electron chi connectivity index (χ2n) is 5.61. The predicted molar refractivity (Wildman–Crippen MR) is 81.5 cm³/mol. The van der Waals surface area contributed by atoms with Crippen molar-refractivity contribution >= 4 is 22.6 Å². The summed E-state index contributed by atoms with van der Waals surface area (Å²) < 4.78 is 0. The van der Waals surface area contributed by atoms with Crippen molar-refractivity contribution in [1.29, 1.82) is 0 Å². The molecule has 0 spiro atoms. The molecule has 5 nitrogen and oxygen atoms in total. The van der Waals surface area contributed by atoms with Crippen LogP contribution in [0.1, 0.15) is 31.4 Å². The lowest BCUT2D eigenvalue weighted by Crippen LogP contribution is -2.38. The highest BCUT2D eigenvalue weighted by molar-refractivity contribution is 5.94. The third-order valence-electron chi connectivity index (χ3n) is 4.20. The first-order chi connectivity index (χ1) is 10.2. The Bertz CT molecular complexity index is 666. The second kappa shape index (κ2) is 5.68. The van der Waals surface area contributed by atoms with Crippen LogP contribution in [0.2, 0.25) is 0 Å². The Hall–Kier alpha value is -2.17. The number of benzene rings is 1. The van der Waals surface area contributed by atoms with Gasteiger partial charge in [-0.1, -0.05) is 37.1 Å². The summed E-state index contributed by atoms with van der Waals surface area (Å²) in [6, 6.07) is 8.19. The van der Waals surface area contributed by atoms with Crippen LogP contribution in [0, 0.1) is 6.92 Å². The van der Waals surface area contributed by atoms with E-state index in [4.69, 9.17) is 0 Å². The highest BCUT2D eigenvalue weighted by Crippen LogP contribution is 2.31. The van der Waals surface area contributed by atoms with Crippen molar-refractivity contribution in [3.05, 3.63) is 30.0 Å². The summed E-state index contributed by atoms with van der Waals surface area (Å²) in [5, 5.41) is 19.8. The number of carbonyl (C=O) groups is 1. The van der Waals surface area contributed by atoms with Gasteiger partial charge in [-0.3, -0.25) is 4.79 Å². The van der Waals surface area contributed by atoms with Crippen molar-refractivity contribution in [2.24, 2.45) is 0 Å². The molecule has 3 rings (SSSR count). The van der Waals surface area contributed by atoms with Crippen LogP contribution in [0.25, 0.3) is 10.8 Å². The average molecular weight is 285 g/mol. The average Bonchev–Trinajstić information content (AvgIpc) is 3.00. The number of fused-ring (bicyclic) bond motifs is 1. The topological polar surface area (TPSA) is 66.3 Å². The molecule has 0 radical (unpaired) electrons. The molecule has 1 aromatic heterocycles. The first-order valence-corrected chi connectivity index (χ1v) is 7.37. The van der Waals surface area contributed by atoms with Gasteiger partial charge in [0, 0.05) is 16.8 Å². The molecule has 1 heterocycles. The molecule has 0 bridgehead atoms. The highest BCUT2D eigenvalue weighted by atomic mass is 16.4. The fourth-order valence-electron chi connectivity index (χ4n) is 3.17. The van der Waals surface area contributed by atoms with Crippen LogP contribution in [0.3, 0.4) is 0 Å². The smallest absolute Gasteiger partial charge is 0.323 e. The van der Waals surface area contributed by atoms with Gasteiger partial charge < -0.3 is 10.0 Å². The van der Waals surface area contributed by atoms with Crippen LogP contribution < -0.4 is 4.90 Å². The Kier molecular flexibility index (Phi) is 3.73. The number of carboxylic acids is 1. The van der Waals surface area contributed by atoms with E-state index in [0.717, 1.165) is 42.1 Å². The molecule has 1 saturated carbocycles. The van der Waals surface area contributed by atoms with E-state index in [9.17, 15) is 9.90 Å². The Balaban J connectivity index is 2.10. The molecule has 2 aromatic rings. The zero-order chi connectivity index (χ0) is 14.8. The molecule has 0 unspecified atom stereocenters. The summed E-state index contributed by atoms with van der Waals surface area (Å²) in [6.45, 7) is 1.91. The standard InChI is InChI=1S/C16H19N3O2/c1-11-13-8-4-5-9-14(13)16(18-17-11)19(10-15(20)21)12-6-2-3-7-12/h4-5,8-9,12H,2-3,6-7,10H2,1H3,(H,20,21). The van der Waals surface area contributed by atoms with Gasteiger partial charge in [0.05, 0.1) is 5.69 Å². The molecule has 5 heteroatoms. The molecule has 21 heavy (non-hydrogen) atoms. The largest absolute Gasteiger partial charge is 0.480 e. The van der Waals surface area contributed by atoms with Crippen LogP contribution in [0.5, 0.6) is 0 Å². The van der Waals surface area contributed by atoms with Crippen LogP contribution in [-0.4, -0.2) is 33.9 Å². The molecule has 1 N–H and O–H groups in total. The molecule has 110 valence electrons. The Morgan fingerprint density at radius 2 is 1.90 bits per heavy atom. The monoisotopic (exact) mass is 285 g/mol. The van der Waals surface area contributed by atoms with E-state index in [1.54, 1.807) is 0 Å². The molecule has 1 fully saturated rings. The number of aromatic nitrogens is 2. The number of anilines is 1. The lowest BCUT2D eigenvalue weighted by Gasteiger charge is -2.29. The number of hydrogen-bond donors (Lipinski definition) is 1. The molecule has 0 saturated heterocycles. The van der Waals surface area contributed by atoms with Crippen molar-refractivity contribution in [2.75, 3.05) is 11.4 Å².